The highest BCUT2D eigenvalue weighted by atomic mass is 19.1. The van der Waals surface area contributed by atoms with Crippen LogP contribution in [0.2, 0.25) is 0 Å². The predicted octanol–water partition coefficient (Wildman–Crippen LogP) is 3.86. The Kier molecular flexibility index (Phi) is 4.02. The fourth-order valence-electron chi connectivity index (χ4n) is 2.38. The Morgan fingerprint density at radius 3 is 2.74 bits per heavy atom. The molecule has 0 bridgehead atoms. The normalized spacial score (nSPS) is 10.7. The summed E-state index contributed by atoms with van der Waals surface area (Å²) in [5, 5.41) is 3.94. The minimum Gasteiger partial charge on any atom is -0.497 e. The molecule has 0 amide bonds. The Labute approximate surface area is 132 Å². The lowest BCUT2D eigenvalue weighted by atomic mass is 10.1. The fraction of sp³-hybridized carbons (Fsp3) is 0.167. The van der Waals surface area contributed by atoms with E-state index < -0.39 is 5.63 Å². The van der Waals surface area contributed by atoms with Crippen LogP contribution in [0.15, 0.2) is 51.7 Å². The number of aryl methyl sites for hydroxylation is 1. The molecule has 1 aromatic heterocycles. The molecule has 0 radical (unpaired) electrons. The Morgan fingerprint density at radius 1 is 1.17 bits per heavy atom. The maximum absolute atomic E-state index is 13.6. The van der Waals surface area contributed by atoms with Gasteiger partial charge >= 0.3 is 5.63 Å². The summed E-state index contributed by atoms with van der Waals surface area (Å²) in [6.45, 7) is 2.10. The van der Waals surface area contributed by atoms with Crippen LogP contribution in [0.5, 0.6) is 5.75 Å². The Hall–Kier alpha value is -2.82. The van der Waals surface area contributed by atoms with Gasteiger partial charge in [-0.2, -0.15) is 0 Å². The Bertz CT molecular complexity index is 918. The topological polar surface area (TPSA) is 51.5 Å². The molecule has 0 aliphatic carbocycles. The molecule has 0 atom stereocenters. The van der Waals surface area contributed by atoms with E-state index in [2.05, 4.69) is 5.32 Å². The summed E-state index contributed by atoms with van der Waals surface area (Å²) in [5.74, 6) is 0.350. The average Bonchev–Trinajstić information content (AvgIpc) is 2.54. The summed E-state index contributed by atoms with van der Waals surface area (Å²) < 4.78 is 23.9. The summed E-state index contributed by atoms with van der Waals surface area (Å²) in [5.41, 5.74) is 2.05. The summed E-state index contributed by atoms with van der Waals surface area (Å²) in [6.07, 6.45) is 0. The van der Waals surface area contributed by atoms with Gasteiger partial charge < -0.3 is 14.5 Å². The van der Waals surface area contributed by atoms with Gasteiger partial charge in [-0.1, -0.05) is 6.07 Å². The molecule has 0 saturated heterocycles. The van der Waals surface area contributed by atoms with Gasteiger partial charge in [0.1, 0.15) is 17.1 Å². The van der Waals surface area contributed by atoms with Gasteiger partial charge in [-0.25, -0.2) is 9.18 Å². The summed E-state index contributed by atoms with van der Waals surface area (Å²) in [6, 6.07) is 11.7. The van der Waals surface area contributed by atoms with E-state index in [1.54, 1.807) is 38.3 Å². The molecule has 4 nitrogen and oxygen atoms in total. The van der Waals surface area contributed by atoms with Crippen molar-refractivity contribution >= 4 is 16.7 Å². The molecule has 23 heavy (non-hydrogen) atoms. The van der Waals surface area contributed by atoms with Gasteiger partial charge in [0, 0.05) is 29.8 Å². The third kappa shape index (κ3) is 3.18. The number of ether oxygens (including phenoxy) is 1. The fourth-order valence-corrected chi connectivity index (χ4v) is 2.38. The lowest BCUT2D eigenvalue weighted by Crippen LogP contribution is -2.06. The largest absolute Gasteiger partial charge is 0.497 e. The van der Waals surface area contributed by atoms with Crippen molar-refractivity contribution in [3.8, 4) is 5.75 Å². The summed E-state index contributed by atoms with van der Waals surface area (Å²) >= 11 is 0. The van der Waals surface area contributed by atoms with E-state index in [0.29, 0.717) is 29.1 Å². The van der Waals surface area contributed by atoms with E-state index in [-0.39, 0.29) is 5.82 Å². The number of benzene rings is 2. The molecule has 0 aliphatic rings. The second kappa shape index (κ2) is 6.12. The molecular formula is C18H16FNO3. The van der Waals surface area contributed by atoms with E-state index in [1.165, 1.54) is 12.1 Å². The lowest BCUT2D eigenvalue weighted by Gasteiger charge is -2.10. The molecule has 1 N–H and O–H groups in total. The first-order valence-corrected chi connectivity index (χ1v) is 7.17. The van der Waals surface area contributed by atoms with Gasteiger partial charge in [-0.15, -0.1) is 0 Å². The van der Waals surface area contributed by atoms with E-state index in [0.717, 1.165) is 10.9 Å². The molecule has 2 aromatic carbocycles. The first-order valence-electron chi connectivity index (χ1n) is 7.17. The van der Waals surface area contributed by atoms with Crippen molar-refractivity contribution in [1.82, 2.24) is 0 Å². The SMILES string of the molecule is COc1ccc2c(CNc3ccc(C)c(F)c3)cc(=O)oc2c1. The second-order valence-electron chi connectivity index (χ2n) is 5.27. The predicted molar refractivity (Wildman–Crippen MR) is 87.5 cm³/mol. The molecule has 5 heteroatoms. The van der Waals surface area contributed by atoms with Gasteiger partial charge in [-0.3, -0.25) is 0 Å². The van der Waals surface area contributed by atoms with Crippen LogP contribution in [0.4, 0.5) is 10.1 Å². The first-order chi connectivity index (χ1) is 11.1. The molecule has 0 aliphatic heterocycles. The van der Waals surface area contributed by atoms with Crippen molar-refractivity contribution in [2.45, 2.75) is 13.5 Å². The van der Waals surface area contributed by atoms with Crippen LogP contribution in [0.1, 0.15) is 11.1 Å². The molecule has 3 aromatic rings. The number of nitrogens with one attached hydrogen (secondary N) is 1. The van der Waals surface area contributed by atoms with Crippen LogP contribution < -0.4 is 15.7 Å². The highest BCUT2D eigenvalue weighted by Gasteiger charge is 2.07. The van der Waals surface area contributed by atoms with E-state index in [4.69, 9.17) is 9.15 Å². The number of halogens is 1. The maximum Gasteiger partial charge on any atom is 0.336 e. The van der Waals surface area contributed by atoms with Crippen molar-refractivity contribution in [2.75, 3.05) is 12.4 Å². The lowest BCUT2D eigenvalue weighted by molar-refractivity contribution is 0.414. The van der Waals surface area contributed by atoms with Crippen molar-refractivity contribution in [1.29, 1.82) is 0 Å². The molecule has 0 unspecified atom stereocenters. The average molecular weight is 313 g/mol. The second-order valence-corrected chi connectivity index (χ2v) is 5.27. The van der Waals surface area contributed by atoms with Crippen molar-refractivity contribution in [2.24, 2.45) is 0 Å². The minimum absolute atomic E-state index is 0.267. The standard InChI is InChI=1S/C18H16FNO3/c1-11-3-4-13(8-16(11)19)20-10-12-7-18(21)23-17-9-14(22-2)5-6-15(12)17/h3-9,20H,10H2,1-2H3. The molecule has 118 valence electrons. The van der Waals surface area contributed by atoms with Gasteiger partial charge in [0.05, 0.1) is 7.11 Å². The molecule has 0 saturated carbocycles. The summed E-state index contributed by atoms with van der Waals surface area (Å²) in [7, 11) is 1.55. The first kappa shape index (κ1) is 15.1. The van der Waals surface area contributed by atoms with Gasteiger partial charge in [0.15, 0.2) is 0 Å². The van der Waals surface area contributed by atoms with Crippen LogP contribution in [-0.2, 0) is 6.54 Å². The van der Waals surface area contributed by atoms with Crippen LogP contribution in [-0.4, -0.2) is 7.11 Å². The highest BCUT2D eigenvalue weighted by Crippen LogP contribution is 2.23. The van der Waals surface area contributed by atoms with Crippen molar-refractivity contribution in [3.05, 3.63) is 69.8 Å². The number of hydrogen-bond acceptors (Lipinski definition) is 4. The zero-order valence-electron chi connectivity index (χ0n) is 12.9. The van der Waals surface area contributed by atoms with Gasteiger partial charge in [0.2, 0.25) is 0 Å². The maximum atomic E-state index is 13.6. The minimum atomic E-state index is -0.433. The van der Waals surface area contributed by atoms with Crippen molar-refractivity contribution in [3.63, 3.8) is 0 Å². The number of hydrogen-bond donors (Lipinski definition) is 1. The number of fused-ring (bicyclic) bond motifs is 1. The zero-order valence-corrected chi connectivity index (χ0v) is 12.9. The molecular weight excluding hydrogens is 297 g/mol. The van der Waals surface area contributed by atoms with Gasteiger partial charge in [-0.05, 0) is 42.3 Å². The number of anilines is 1. The third-order valence-electron chi connectivity index (χ3n) is 3.69. The third-order valence-corrected chi connectivity index (χ3v) is 3.69. The molecule has 1 heterocycles. The monoisotopic (exact) mass is 313 g/mol. The molecule has 0 fully saturated rings. The number of rotatable bonds is 4. The van der Waals surface area contributed by atoms with Crippen molar-refractivity contribution < 1.29 is 13.5 Å². The summed E-state index contributed by atoms with van der Waals surface area (Å²) in [4.78, 5) is 11.7. The highest BCUT2D eigenvalue weighted by molar-refractivity contribution is 5.81. The Morgan fingerprint density at radius 2 is 2.00 bits per heavy atom. The zero-order chi connectivity index (χ0) is 16.4. The van der Waals surface area contributed by atoms with E-state index in [9.17, 15) is 9.18 Å². The van der Waals surface area contributed by atoms with Crippen LogP contribution in [0.25, 0.3) is 11.0 Å². The van der Waals surface area contributed by atoms with E-state index in [1.807, 2.05) is 6.07 Å². The van der Waals surface area contributed by atoms with Crippen LogP contribution in [0, 0.1) is 12.7 Å². The van der Waals surface area contributed by atoms with E-state index >= 15 is 0 Å². The number of methoxy groups -OCH3 is 1. The molecule has 3 rings (SSSR count). The molecule has 0 spiro atoms. The van der Waals surface area contributed by atoms with Crippen LogP contribution in [0.3, 0.4) is 0 Å². The Balaban J connectivity index is 1.93. The smallest absolute Gasteiger partial charge is 0.336 e. The van der Waals surface area contributed by atoms with Gasteiger partial charge in [0.25, 0.3) is 0 Å². The quantitative estimate of drug-likeness (QED) is 0.743. The van der Waals surface area contributed by atoms with Crippen LogP contribution >= 0.6 is 0 Å².